The zero-order chi connectivity index (χ0) is 49.2. The van der Waals surface area contributed by atoms with Crippen LogP contribution in [0.3, 0.4) is 0 Å². The normalized spacial score (nSPS) is 12.9. The zero-order valence-electron chi connectivity index (χ0n) is 41.0. The van der Waals surface area contributed by atoms with Gasteiger partial charge in [-0.15, -0.1) is 0 Å². The first kappa shape index (κ1) is 41.8. The molecule has 0 radical (unpaired) electrons. The van der Waals surface area contributed by atoms with E-state index in [1.54, 1.807) is 0 Å². The first-order valence-electron chi connectivity index (χ1n) is 26.1. The number of para-hydroxylation sites is 2. The molecule has 348 valence electrons. The van der Waals surface area contributed by atoms with Crippen molar-refractivity contribution in [3.63, 3.8) is 0 Å². The second-order valence-electron chi connectivity index (χ2n) is 20.3. The van der Waals surface area contributed by atoms with E-state index in [2.05, 4.69) is 289 Å². The molecular formula is C73H46N2. The zero-order valence-corrected chi connectivity index (χ0v) is 41.0. The summed E-state index contributed by atoms with van der Waals surface area (Å²) in [6.45, 7) is 0. The molecule has 0 aliphatic heterocycles. The molecule has 0 saturated carbocycles. The highest BCUT2D eigenvalue weighted by Crippen LogP contribution is 2.64. The van der Waals surface area contributed by atoms with E-state index >= 15 is 0 Å². The lowest BCUT2D eigenvalue weighted by molar-refractivity contribution is 0.794. The minimum absolute atomic E-state index is 0.553. The summed E-state index contributed by atoms with van der Waals surface area (Å²) in [6, 6.07) is 104. The van der Waals surface area contributed by atoms with Gasteiger partial charge in [-0.2, -0.15) is 0 Å². The lowest BCUT2D eigenvalue weighted by Crippen LogP contribution is -2.26. The molecule has 2 nitrogen and oxygen atoms in total. The highest BCUT2D eigenvalue weighted by molar-refractivity contribution is 6.26. The minimum Gasteiger partial charge on any atom is -0.310 e. The van der Waals surface area contributed by atoms with Crippen LogP contribution in [0.1, 0.15) is 22.3 Å². The molecule has 1 spiro atoms. The molecule has 0 N–H and O–H groups in total. The topological polar surface area (TPSA) is 8.17 Å². The van der Waals surface area contributed by atoms with Crippen molar-refractivity contribution < 1.29 is 0 Å². The number of hydrogen-bond acceptors (Lipinski definition) is 1. The van der Waals surface area contributed by atoms with E-state index in [0.29, 0.717) is 0 Å². The van der Waals surface area contributed by atoms with Gasteiger partial charge in [0, 0.05) is 33.4 Å². The number of rotatable bonds is 6. The standard InChI is InChI=1S/C73H46N2/c1-3-21-47(22-4-1)51-25-7-8-26-52(51)65-45-63-60-33-15-19-37-68(60)73(66-35-17-13-31-58(66)59-32-14-18-36-67(59)73)69(63)46-72(65)74(49-39-41-57-55-29-10-9-27-53(55)54-28-11-12-30-56(54)62(57)43-49)50-40-42-71-64(44-50)61-34-16-20-38-70(61)75(71)48-23-5-2-6-24-48/h1-46H. The van der Waals surface area contributed by atoms with Crippen LogP contribution in [-0.2, 0) is 5.41 Å². The van der Waals surface area contributed by atoms with E-state index in [9.17, 15) is 0 Å². The molecule has 13 aromatic carbocycles. The second kappa shape index (κ2) is 16.1. The summed E-state index contributed by atoms with van der Waals surface area (Å²) < 4.78 is 2.42. The first-order valence-corrected chi connectivity index (χ1v) is 26.1. The van der Waals surface area contributed by atoms with E-state index in [0.717, 1.165) is 28.3 Å². The van der Waals surface area contributed by atoms with E-state index in [-0.39, 0.29) is 0 Å². The summed E-state index contributed by atoms with van der Waals surface area (Å²) in [4.78, 5) is 2.58. The van der Waals surface area contributed by atoms with Gasteiger partial charge >= 0.3 is 0 Å². The van der Waals surface area contributed by atoms with Crippen molar-refractivity contribution in [1.29, 1.82) is 0 Å². The van der Waals surface area contributed by atoms with Crippen molar-refractivity contribution >= 4 is 71.2 Å². The molecule has 1 heterocycles. The highest BCUT2D eigenvalue weighted by atomic mass is 15.1. The largest absolute Gasteiger partial charge is 0.310 e. The monoisotopic (exact) mass is 950 g/mol. The molecule has 1 aromatic heterocycles. The summed E-state index contributed by atoms with van der Waals surface area (Å²) in [6.07, 6.45) is 0. The van der Waals surface area contributed by atoms with Gasteiger partial charge in [0.25, 0.3) is 0 Å². The van der Waals surface area contributed by atoms with Crippen LogP contribution < -0.4 is 4.90 Å². The SMILES string of the molecule is c1ccc(-c2ccccc2-c2cc3c(cc2N(c2ccc4c5ccccc5c5ccccc5c4c2)c2ccc4c(c2)c2ccccc2n4-c2ccccc2)C2(c4ccccc4-c4ccccc42)c2ccccc2-3)cc1. The first-order chi connectivity index (χ1) is 37.2. The quantitative estimate of drug-likeness (QED) is 0.151. The fraction of sp³-hybridized carbons (Fsp3) is 0.0137. The minimum atomic E-state index is -0.553. The molecule has 2 aliphatic carbocycles. The summed E-state index contributed by atoms with van der Waals surface area (Å²) in [5, 5.41) is 9.91. The van der Waals surface area contributed by atoms with E-state index in [1.165, 1.54) is 115 Å². The predicted octanol–water partition coefficient (Wildman–Crippen LogP) is 19.4. The molecule has 75 heavy (non-hydrogen) atoms. The Morgan fingerprint density at radius 1 is 0.253 bits per heavy atom. The van der Waals surface area contributed by atoms with Crippen molar-refractivity contribution in [3.05, 3.63) is 301 Å². The van der Waals surface area contributed by atoms with Crippen molar-refractivity contribution in [2.75, 3.05) is 4.90 Å². The molecule has 14 aromatic rings. The number of benzene rings is 13. The van der Waals surface area contributed by atoms with Gasteiger partial charge in [0.1, 0.15) is 0 Å². The number of anilines is 3. The van der Waals surface area contributed by atoms with Crippen LogP contribution >= 0.6 is 0 Å². The van der Waals surface area contributed by atoms with Crippen molar-refractivity contribution in [2.45, 2.75) is 5.41 Å². The lowest BCUT2D eigenvalue weighted by Gasteiger charge is -2.33. The van der Waals surface area contributed by atoms with Crippen LogP contribution in [-0.4, -0.2) is 4.57 Å². The Hall–Kier alpha value is -9.76. The van der Waals surface area contributed by atoms with Crippen LogP contribution in [0.15, 0.2) is 279 Å². The van der Waals surface area contributed by atoms with E-state index in [1.807, 2.05) is 0 Å². The van der Waals surface area contributed by atoms with Gasteiger partial charge < -0.3 is 9.47 Å². The Kier molecular flexibility index (Phi) is 8.99. The second-order valence-corrected chi connectivity index (χ2v) is 20.3. The Labute approximate surface area is 435 Å². The predicted molar refractivity (Wildman–Crippen MR) is 315 cm³/mol. The van der Waals surface area contributed by atoms with E-state index < -0.39 is 5.41 Å². The maximum atomic E-state index is 2.59. The molecule has 0 atom stereocenters. The lowest BCUT2D eigenvalue weighted by atomic mass is 9.70. The third kappa shape index (κ3) is 5.91. The molecule has 0 fully saturated rings. The number of nitrogens with zero attached hydrogens (tertiary/aromatic N) is 2. The Morgan fingerprint density at radius 2 is 0.693 bits per heavy atom. The van der Waals surface area contributed by atoms with Crippen LogP contribution in [0, 0.1) is 0 Å². The summed E-state index contributed by atoms with van der Waals surface area (Å²) in [7, 11) is 0. The number of hydrogen-bond donors (Lipinski definition) is 0. The van der Waals surface area contributed by atoms with Crippen LogP contribution in [0.2, 0.25) is 0 Å². The maximum Gasteiger partial charge on any atom is 0.0726 e. The Balaban J connectivity index is 1.07. The summed E-state index contributed by atoms with van der Waals surface area (Å²) in [5.41, 5.74) is 21.3. The Bertz CT molecular complexity index is 4580. The number of aromatic nitrogens is 1. The number of fused-ring (bicyclic) bond motifs is 19. The van der Waals surface area contributed by atoms with Crippen molar-refractivity contribution in [1.82, 2.24) is 4.57 Å². The molecule has 2 heteroatoms. The maximum absolute atomic E-state index is 2.59. The average molecular weight is 951 g/mol. The van der Waals surface area contributed by atoms with Gasteiger partial charge in [0.05, 0.1) is 22.1 Å². The third-order valence-corrected chi connectivity index (χ3v) is 16.6. The van der Waals surface area contributed by atoms with Gasteiger partial charge in [0.2, 0.25) is 0 Å². The molecule has 0 amide bonds. The average Bonchev–Trinajstić information content (AvgIpc) is 4.13. The molecule has 0 unspecified atom stereocenters. The molecular weight excluding hydrogens is 905 g/mol. The summed E-state index contributed by atoms with van der Waals surface area (Å²) >= 11 is 0. The van der Waals surface area contributed by atoms with Gasteiger partial charge in [-0.3, -0.25) is 0 Å². The van der Waals surface area contributed by atoms with E-state index in [4.69, 9.17) is 0 Å². The van der Waals surface area contributed by atoms with Crippen LogP contribution in [0.4, 0.5) is 17.1 Å². The van der Waals surface area contributed by atoms with Crippen molar-refractivity contribution in [3.8, 4) is 50.2 Å². The van der Waals surface area contributed by atoms with Gasteiger partial charge in [0.15, 0.2) is 0 Å². The molecule has 2 aliphatic rings. The third-order valence-electron chi connectivity index (χ3n) is 16.6. The van der Waals surface area contributed by atoms with Gasteiger partial charge in [-0.05, 0) is 154 Å². The van der Waals surface area contributed by atoms with Crippen molar-refractivity contribution in [2.24, 2.45) is 0 Å². The van der Waals surface area contributed by atoms with Crippen LogP contribution in [0.25, 0.3) is 104 Å². The summed E-state index contributed by atoms with van der Waals surface area (Å²) in [5.74, 6) is 0. The fourth-order valence-corrected chi connectivity index (χ4v) is 13.5. The Morgan fingerprint density at radius 3 is 1.32 bits per heavy atom. The molecule has 16 rings (SSSR count). The molecule has 0 bridgehead atoms. The fourth-order valence-electron chi connectivity index (χ4n) is 13.5. The smallest absolute Gasteiger partial charge is 0.0726 e. The highest BCUT2D eigenvalue weighted by Gasteiger charge is 2.52. The van der Waals surface area contributed by atoms with Gasteiger partial charge in [-0.1, -0.05) is 218 Å². The van der Waals surface area contributed by atoms with Crippen LogP contribution in [0.5, 0.6) is 0 Å². The molecule has 0 saturated heterocycles. The van der Waals surface area contributed by atoms with Gasteiger partial charge in [-0.25, -0.2) is 0 Å².